The van der Waals surface area contributed by atoms with Crippen molar-refractivity contribution in [1.29, 1.82) is 0 Å². The van der Waals surface area contributed by atoms with Gasteiger partial charge in [0.2, 0.25) is 6.79 Å². The molecular formula is C16H14O5. The minimum atomic E-state index is -0.375. The van der Waals surface area contributed by atoms with E-state index in [9.17, 15) is 4.79 Å². The van der Waals surface area contributed by atoms with Gasteiger partial charge >= 0.3 is 5.97 Å². The zero-order chi connectivity index (χ0) is 14.7. The number of hydrogen-bond acceptors (Lipinski definition) is 5. The van der Waals surface area contributed by atoms with Crippen LogP contribution < -0.4 is 14.2 Å². The van der Waals surface area contributed by atoms with E-state index in [0.29, 0.717) is 22.8 Å². The van der Waals surface area contributed by atoms with Crippen molar-refractivity contribution in [2.45, 2.75) is 6.61 Å². The van der Waals surface area contributed by atoms with Crippen LogP contribution in [-0.2, 0) is 11.3 Å². The molecule has 0 bridgehead atoms. The molecule has 0 unspecified atom stereocenters. The molecule has 1 aliphatic heterocycles. The van der Waals surface area contributed by atoms with Gasteiger partial charge < -0.3 is 18.9 Å². The topological polar surface area (TPSA) is 54.0 Å². The van der Waals surface area contributed by atoms with Crippen LogP contribution in [0, 0.1) is 0 Å². The first-order valence-corrected chi connectivity index (χ1v) is 6.46. The summed E-state index contributed by atoms with van der Waals surface area (Å²) < 4.78 is 21.0. The summed E-state index contributed by atoms with van der Waals surface area (Å²) >= 11 is 0. The Balaban J connectivity index is 1.75. The van der Waals surface area contributed by atoms with Gasteiger partial charge in [0.05, 0.1) is 12.7 Å². The summed E-state index contributed by atoms with van der Waals surface area (Å²) in [6.45, 7) is 0.495. The van der Waals surface area contributed by atoms with Crippen LogP contribution in [0.2, 0.25) is 0 Å². The molecule has 0 saturated carbocycles. The minimum Gasteiger partial charge on any atom is -0.489 e. The van der Waals surface area contributed by atoms with Gasteiger partial charge in [-0.25, -0.2) is 4.79 Å². The van der Waals surface area contributed by atoms with Crippen LogP contribution in [0.25, 0.3) is 0 Å². The molecule has 1 heterocycles. The second kappa shape index (κ2) is 5.75. The fourth-order valence-corrected chi connectivity index (χ4v) is 2.08. The van der Waals surface area contributed by atoms with Gasteiger partial charge in [-0.2, -0.15) is 0 Å². The van der Waals surface area contributed by atoms with Crippen LogP contribution in [0.5, 0.6) is 17.2 Å². The first-order chi connectivity index (χ1) is 10.3. The number of rotatable bonds is 4. The molecule has 0 amide bonds. The van der Waals surface area contributed by atoms with E-state index >= 15 is 0 Å². The molecule has 5 heteroatoms. The number of esters is 1. The SMILES string of the molecule is COC(=O)c1ccccc1COc1ccc2c(c1)OCO2. The molecule has 108 valence electrons. The van der Waals surface area contributed by atoms with Crippen molar-refractivity contribution in [3.05, 3.63) is 53.6 Å². The summed E-state index contributed by atoms with van der Waals surface area (Å²) in [5, 5.41) is 0. The Hall–Kier alpha value is -2.69. The Morgan fingerprint density at radius 2 is 1.95 bits per heavy atom. The predicted octanol–water partition coefficient (Wildman–Crippen LogP) is 2.78. The highest BCUT2D eigenvalue weighted by Gasteiger charge is 2.15. The van der Waals surface area contributed by atoms with Gasteiger partial charge in [0.15, 0.2) is 11.5 Å². The molecule has 0 spiro atoms. The summed E-state index contributed by atoms with van der Waals surface area (Å²) in [6, 6.07) is 12.5. The van der Waals surface area contributed by atoms with E-state index in [-0.39, 0.29) is 19.4 Å². The third-order valence-corrected chi connectivity index (χ3v) is 3.16. The Kier molecular flexibility index (Phi) is 3.64. The van der Waals surface area contributed by atoms with Crippen LogP contribution in [-0.4, -0.2) is 19.9 Å². The number of carbonyl (C=O) groups is 1. The van der Waals surface area contributed by atoms with E-state index in [1.54, 1.807) is 30.3 Å². The summed E-state index contributed by atoms with van der Waals surface area (Å²) in [7, 11) is 1.36. The summed E-state index contributed by atoms with van der Waals surface area (Å²) in [4.78, 5) is 11.7. The Bertz CT molecular complexity index is 665. The molecule has 3 rings (SSSR count). The standard InChI is InChI=1S/C16H14O5/c1-18-16(17)13-5-3-2-4-11(13)9-19-12-6-7-14-15(8-12)21-10-20-14/h2-8H,9-10H2,1H3. The number of hydrogen-bond donors (Lipinski definition) is 0. The number of ether oxygens (including phenoxy) is 4. The lowest BCUT2D eigenvalue weighted by Crippen LogP contribution is -2.07. The number of methoxy groups -OCH3 is 1. The zero-order valence-corrected chi connectivity index (χ0v) is 11.5. The lowest BCUT2D eigenvalue weighted by Gasteiger charge is -2.10. The van der Waals surface area contributed by atoms with Gasteiger partial charge in [0, 0.05) is 11.6 Å². The maximum Gasteiger partial charge on any atom is 0.338 e. The molecule has 0 fully saturated rings. The zero-order valence-electron chi connectivity index (χ0n) is 11.5. The Labute approximate surface area is 122 Å². The molecule has 1 aliphatic rings. The Morgan fingerprint density at radius 3 is 2.81 bits per heavy atom. The van der Waals surface area contributed by atoms with Crippen LogP contribution in [0.1, 0.15) is 15.9 Å². The first kappa shape index (κ1) is 13.3. The van der Waals surface area contributed by atoms with Gasteiger partial charge in [0.25, 0.3) is 0 Å². The van der Waals surface area contributed by atoms with E-state index < -0.39 is 0 Å². The predicted molar refractivity (Wildman–Crippen MR) is 74.7 cm³/mol. The molecule has 0 radical (unpaired) electrons. The molecule has 2 aromatic carbocycles. The van der Waals surface area contributed by atoms with Gasteiger partial charge in [-0.3, -0.25) is 0 Å². The van der Waals surface area contributed by atoms with Crippen molar-refractivity contribution in [1.82, 2.24) is 0 Å². The first-order valence-electron chi connectivity index (χ1n) is 6.46. The maximum atomic E-state index is 11.7. The Morgan fingerprint density at radius 1 is 1.14 bits per heavy atom. The molecule has 0 aromatic heterocycles. The van der Waals surface area contributed by atoms with E-state index in [4.69, 9.17) is 18.9 Å². The largest absolute Gasteiger partial charge is 0.489 e. The van der Waals surface area contributed by atoms with Crippen molar-refractivity contribution >= 4 is 5.97 Å². The molecule has 2 aromatic rings. The van der Waals surface area contributed by atoms with E-state index in [1.807, 2.05) is 12.1 Å². The third kappa shape index (κ3) is 2.76. The molecular weight excluding hydrogens is 272 g/mol. The average Bonchev–Trinajstić information content (AvgIpc) is 3.00. The lowest BCUT2D eigenvalue weighted by atomic mass is 10.1. The molecule has 21 heavy (non-hydrogen) atoms. The van der Waals surface area contributed by atoms with Gasteiger partial charge in [0.1, 0.15) is 12.4 Å². The second-order valence-electron chi connectivity index (χ2n) is 4.45. The van der Waals surface area contributed by atoms with Crippen molar-refractivity contribution in [2.24, 2.45) is 0 Å². The number of benzene rings is 2. The smallest absolute Gasteiger partial charge is 0.338 e. The fraction of sp³-hybridized carbons (Fsp3) is 0.188. The summed E-state index contributed by atoms with van der Waals surface area (Å²) in [5.74, 6) is 1.64. The maximum absolute atomic E-state index is 11.7. The highest BCUT2D eigenvalue weighted by atomic mass is 16.7. The van der Waals surface area contributed by atoms with E-state index in [0.717, 1.165) is 5.56 Å². The molecule has 5 nitrogen and oxygen atoms in total. The van der Waals surface area contributed by atoms with Crippen LogP contribution >= 0.6 is 0 Å². The molecule has 0 saturated heterocycles. The quantitative estimate of drug-likeness (QED) is 0.809. The van der Waals surface area contributed by atoms with Crippen molar-refractivity contribution in [3.63, 3.8) is 0 Å². The summed E-state index contributed by atoms with van der Waals surface area (Å²) in [6.07, 6.45) is 0. The molecule has 0 atom stereocenters. The van der Waals surface area contributed by atoms with Crippen molar-refractivity contribution in [2.75, 3.05) is 13.9 Å². The van der Waals surface area contributed by atoms with Gasteiger partial charge in [-0.15, -0.1) is 0 Å². The van der Waals surface area contributed by atoms with E-state index in [1.165, 1.54) is 7.11 Å². The highest BCUT2D eigenvalue weighted by Crippen LogP contribution is 2.35. The van der Waals surface area contributed by atoms with E-state index in [2.05, 4.69) is 0 Å². The molecule has 0 N–H and O–H groups in total. The van der Waals surface area contributed by atoms with Crippen molar-refractivity contribution < 1.29 is 23.7 Å². The van der Waals surface area contributed by atoms with Crippen LogP contribution in [0.4, 0.5) is 0 Å². The minimum absolute atomic E-state index is 0.226. The average molecular weight is 286 g/mol. The number of fused-ring (bicyclic) bond motifs is 1. The lowest BCUT2D eigenvalue weighted by molar-refractivity contribution is 0.0597. The third-order valence-electron chi connectivity index (χ3n) is 3.16. The second-order valence-corrected chi connectivity index (χ2v) is 4.45. The van der Waals surface area contributed by atoms with Crippen LogP contribution in [0.15, 0.2) is 42.5 Å². The van der Waals surface area contributed by atoms with Crippen LogP contribution in [0.3, 0.4) is 0 Å². The highest BCUT2D eigenvalue weighted by molar-refractivity contribution is 5.90. The van der Waals surface area contributed by atoms with Gasteiger partial charge in [-0.05, 0) is 18.2 Å². The normalized spacial score (nSPS) is 12.0. The van der Waals surface area contributed by atoms with Crippen molar-refractivity contribution in [3.8, 4) is 17.2 Å². The fourth-order valence-electron chi connectivity index (χ4n) is 2.08. The van der Waals surface area contributed by atoms with Gasteiger partial charge in [-0.1, -0.05) is 18.2 Å². The monoisotopic (exact) mass is 286 g/mol. The number of carbonyl (C=O) groups excluding carboxylic acids is 1. The molecule has 0 aliphatic carbocycles. The summed E-state index contributed by atoms with van der Waals surface area (Å²) in [5.41, 5.74) is 1.27.